The molecule has 0 saturated carbocycles. The summed E-state index contributed by atoms with van der Waals surface area (Å²) in [6.45, 7) is 0. The van der Waals surface area contributed by atoms with E-state index in [4.69, 9.17) is 9.47 Å². The Balaban J connectivity index is 2.31. The van der Waals surface area contributed by atoms with Gasteiger partial charge in [0.25, 0.3) is 0 Å². The van der Waals surface area contributed by atoms with Gasteiger partial charge in [-0.1, -0.05) is 6.07 Å². The van der Waals surface area contributed by atoms with Gasteiger partial charge in [0.15, 0.2) is 11.5 Å². The summed E-state index contributed by atoms with van der Waals surface area (Å²) in [6, 6.07) is 11.7. The number of methoxy groups -OCH3 is 2. The molecule has 0 aliphatic rings. The first-order valence-electron chi connectivity index (χ1n) is 5.48. The van der Waals surface area contributed by atoms with Crippen LogP contribution in [0.3, 0.4) is 0 Å². The summed E-state index contributed by atoms with van der Waals surface area (Å²) in [5, 5.41) is 3.15. The number of para-hydroxylation sites is 1. The number of anilines is 2. The van der Waals surface area contributed by atoms with Gasteiger partial charge in [-0.2, -0.15) is 0 Å². The lowest BCUT2D eigenvalue weighted by atomic mass is 10.2. The second kappa shape index (κ2) is 5.40. The van der Waals surface area contributed by atoms with Crippen LogP contribution in [-0.2, 0) is 0 Å². The van der Waals surface area contributed by atoms with Gasteiger partial charge in [0.2, 0.25) is 0 Å². The van der Waals surface area contributed by atoms with Crippen molar-refractivity contribution in [3.8, 4) is 11.5 Å². The Hall–Kier alpha value is -2.23. The molecule has 0 atom stereocenters. The fraction of sp³-hybridized carbons (Fsp3) is 0.143. The lowest BCUT2D eigenvalue weighted by Crippen LogP contribution is -1.97. The molecule has 0 fully saturated rings. The zero-order valence-corrected chi connectivity index (χ0v) is 10.2. The summed E-state index contributed by atoms with van der Waals surface area (Å²) >= 11 is 0. The second-order valence-corrected chi connectivity index (χ2v) is 3.67. The largest absolute Gasteiger partial charge is 0.493 e. The van der Waals surface area contributed by atoms with E-state index in [9.17, 15) is 4.39 Å². The van der Waals surface area contributed by atoms with Gasteiger partial charge in [0.05, 0.1) is 19.9 Å². The van der Waals surface area contributed by atoms with Crippen LogP contribution >= 0.6 is 0 Å². The average molecular weight is 247 g/mol. The van der Waals surface area contributed by atoms with Crippen LogP contribution in [0.2, 0.25) is 0 Å². The van der Waals surface area contributed by atoms with E-state index in [0.29, 0.717) is 11.5 Å². The maximum atomic E-state index is 12.8. The number of ether oxygens (including phenoxy) is 2. The summed E-state index contributed by atoms with van der Waals surface area (Å²) < 4.78 is 23.3. The van der Waals surface area contributed by atoms with Crippen molar-refractivity contribution in [2.45, 2.75) is 0 Å². The van der Waals surface area contributed by atoms with E-state index >= 15 is 0 Å². The zero-order valence-electron chi connectivity index (χ0n) is 10.2. The number of rotatable bonds is 4. The molecule has 4 heteroatoms. The van der Waals surface area contributed by atoms with E-state index in [2.05, 4.69) is 5.32 Å². The molecule has 0 unspecified atom stereocenters. The number of hydrogen-bond donors (Lipinski definition) is 1. The fourth-order valence-electron chi connectivity index (χ4n) is 1.67. The quantitative estimate of drug-likeness (QED) is 0.895. The lowest BCUT2D eigenvalue weighted by Gasteiger charge is -2.14. The summed E-state index contributed by atoms with van der Waals surface area (Å²) in [4.78, 5) is 0. The van der Waals surface area contributed by atoms with Crippen LogP contribution in [0.25, 0.3) is 0 Å². The van der Waals surface area contributed by atoms with Crippen LogP contribution in [0.5, 0.6) is 11.5 Å². The maximum absolute atomic E-state index is 12.8. The van der Waals surface area contributed by atoms with Crippen molar-refractivity contribution in [1.29, 1.82) is 0 Å². The molecule has 0 aliphatic heterocycles. The van der Waals surface area contributed by atoms with Gasteiger partial charge >= 0.3 is 0 Å². The number of hydrogen-bond acceptors (Lipinski definition) is 3. The Morgan fingerprint density at radius 3 is 2.28 bits per heavy atom. The van der Waals surface area contributed by atoms with Crippen molar-refractivity contribution in [2.75, 3.05) is 19.5 Å². The van der Waals surface area contributed by atoms with E-state index in [1.54, 1.807) is 26.4 Å². The molecule has 2 aromatic carbocycles. The van der Waals surface area contributed by atoms with E-state index < -0.39 is 0 Å². The molecule has 2 aromatic rings. The van der Waals surface area contributed by atoms with Gasteiger partial charge < -0.3 is 14.8 Å². The highest BCUT2D eigenvalue weighted by molar-refractivity contribution is 5.70. The monoisotopic (exact) mass is 247 g/mol. The van der Waals surface area contributed by atoms with Crippen molar-refractivity contribution in [3.63, 3.8) is 0 Å². The smallest absolute Gasteiger partial charge is 0.184 e. The lowest BCUT2D eigenvalue weighted by molar-refractivity contribution is 0.356. The van der Waals surface area contributed by atoms with Crippen LogP contribution in [-0.4, -0.2) is 14.2 Å². The van der Waals surface area contributed by atoms with E-state index in [-0.39, 0.29) is 5.82 Å². The molecule has 0 heterocycles. The Morgan fingerprint density at radius 1 is 0.944 bits per heavy atom. The highest BCUT2D eigenvalue weighted by Crippen LogP contribution is 2.36. The average Bonchev–Trinajstić information content (AvgIpc) is 2.41. The first-order chi connectivity index (χ1) is 8.74. The van der Waals surface area contributed by atoms with Crippen molar-refractivity contribution in [2.24, 2.45) is 0 Å². The van der Waals surface area contributed by atoms with Gasteiger partial charge in [-0.3, -0.25) is 0 Å². The van der Waals surface area contributed by atoms with Gasteiger partial charge in [-0.15, -0.1) is 0 Å². The normalized spacial score (nSPS) is 9.94. The van der Waals surface area contributed by atoms with Gasteiger partial charge in [0.1, 0.15) is 5.82 Å². The molecule has 0 radical (unpaired) electrons. The summed E-state index contributed by atoms with van der Waals surface area (Å²) in [7, 11) is 3.16. The van der Waals surface area contributed by atoms with Crippen molar-refractivity contribution < 1.29 is 13.9 Å². The van der Waals surface area contributed by atoms with Crippen LogP contribution in [0.1, 0.15) is 0 Å². The third-order valence-electron chi connectivity index (χ3n) is 2.53. The summed E-state index contributed by atoms with van der Waals surface area (Å²) in [5.74, 6) is 0.993. The molecular formula is C14H14FNO2. The Morgan fingerprint density at radius 2 is 1.67 bits per heavy atom. The topological polar surface area (TPSA) is 30.5 Å². The minimum Gasteiger partial charge on any atom is -0.493 e. The predicted molar refractivity (Wildman–Crippen MR) is 69.2 cm³/mol. The minimum absolute atomic E-state index is 0.266. The second-order valence-electron chi connectivity index (χ2n) is 3.67. The molecule has 18 heavy (non-hydrogen) atoms. The first-order valence-corrected chi connectivity index (χ1v) is 5.48. The third kappa shape index (κ3) is 2.53. The molecule has 2 rings (SSSR count). The van der Waals surface area contributed by atoms with Crippen molar-refractivity contribution >= 4 is 11.4 Å². The SMILES string of the molecule is COc1cccc(Nc2ccc(F)cc2)c1OC. The molecule has 0 bridgehead atoms. The molecule has 0 aromatic heterocycles. The number of halogens is 1. The number of nitrogens with one attached hydrogen (secondary N) is 1. The molecule has 0 amide bonds. The molecule has 3 nitrogen and oxygen atoms in total. The summed E-state index contributed by atoms with van der Waals surface area (Å²) in [6.07, 6.45) is 0. The fourth-order valence-corrected chi connectivity index (χ4v) is 1.67. The van der Waals surface area contributed by atoms with Crippen molar-refractivity contribution in [1.82, 2.24) is 0 Å². The van der Waals surface area contributed by atoms with Gasteiger partial charge in [-0.25, -0.2) is 4.39 Å². The Labute approximate surface area is 105 Å². The van der Waals surface area contributed by atoms with Crippen LogP contribution < -0.4 is 14.8 Å². The highest BCUT2D eigenvalue weighted by atomic mass is 19.1. The third-order valence-corrected chi connectivity index (χ3v) is 2.53. The first kappa shape index (κ1) is 12.2. The molecule has 0 saturated heterocycles. The highest BCUT2D eigenvalue weighted by Gasteiger charge is 2.09. The van der Waals surface area contributed by atoms with E-state index in [0.717, 1.165) is 11.4 Å². The number of benzene rings is 2. The molecule has 1 N–H and O–H groups in total. The molecule has 94 valence electrons. The van der Waals surface area contributed by atoms with Gasteiger partial charge in [0, 0.05) is 5.69 Å². The Kier molecular flexibility index (Phi) is 3.67. The Bertz CT molecular complexity index is 526. The predicted octanol–water partition coefficient (Wildman–Crippen LogP) is 3.59. The zero-order chi connectivity index (χ0) is 13.0. The molecule has 0 spiro atoms. The maximum Gasteiger partial charge on any atom is 0.184 e. The van der Waals surface area contributed by atoms with Crippen LogP contribution in [0.4, 0.5) is 15.8 Å². The van der Waals surface area contributed by atoms with Crippen LogP contribution in [0.15, 0.2) is 42.5 Å². The standard InChI is InChI=1S/C14H14FNO2/c1-17-13-5-3-4-12(14(13)18-2)16-11-8-6-10(15)7-9-11/h3-9,16H,1-2H3. The molecule has 0 aliphatic carbocycles. The van der Waals surface area contributed by atoms with Gasteiger partial charge in [-0.05, 0) is 36.4 Å². The summed E-state index contributed by atoms with van der Waals surface area (Å²) in [5.41, 5.74) is 1.55. The van der Waals surface area contributed by atoms with E-state index in [1.807, 2.05) is 18.2 Å². The van der Waals surface area contributed by atoms with Crippen molar-refractivity contribution in [3.05, 3.63) is 48.3 Å². The minimum atomic E-state index is -0.266. The van der Waals surface area contributed by atoms with Crippen LogP contribution in [0, 0.1) is 5.82 Å². The molecular weight excluding hydrogens is 233 g/mol. The van der Waals surface area contributed by atoms with E-state index in [1.165, 1.54) is 12.1 Å².